The average Bonchev–Trinajstić information content (AvgIpc) is 3.10. The van der Waals surface area contributed by atoms with E-state index in [2.05, 4.69) is 22.8 Å². The van der Waals surface area contributed by atoms with Gasteiger partial charge in [0.25, 0.3) is 0 Å². The van der Waals surface area contributed by atoms with Crippen LogP contribution in [0.5, 0.6) is 0 Å². The van der Waals surface area contributed by atoms with Gasteiger partial charge in [0.05, 0.1) is 19.3 Å². The molecule has 120 valence electrons. The predicted octanol–water partition coefficient (Wildman–Crippen LogP) is 1.06. The first-order valence-corrected chi connectivity index (χ1v) is 7.73. The minimum absolute atomic E-state index is 0.0665. The van der Waals surface area contributed by atoms with Crippen LogP contribution in [0.1, 0.15) is 12.5 Å². The first kappa shape index (κ1) is 15.3. The maximum Gasteiger partial charge on any atom is 0.407 e. The fourth-order valence-electron chi connectivity index (χ4n) is 2.91. The van der Waals surface area contributed by atoms with Crippen LogP contribution in [0.25, 0.3) is 0 Å². The molecule has 4 atom stereocenters. The smallest absolute Gasteiger partial charge is 0.407 e. The number of alkyl carbamates (subject to hydrolysis) is 1. The first-order valence-electron chi connectivity index (χ1n) is 7.73. The molecule has 3 rings (SSSR count). The normalized spacial score (nSPS) is 30.0. The quantitative estimate of drug-likeness (QED) is 0.851. The Labute approximate surface area is 130 Å². The van der Waals surface area contributed by atoms with E-state index in [0.29, 0.717) is 19.8 Å². The summed E-state index contributed by atoms with van der Waals surface area (Å²) in [6, 6.07) is 10.3. The Balaban J connectivity index is 1.50. The van der Waals surface area contributed by atoms with Crippen LogP contribution in [-0.2, 0) is 20.8 Å². The molecule has 2 heterocycles. The van der Waals surface area contributed by atoms with Gasteiger partial charge in [-0.2, -0.15) is 0 Å². The minimum Gasteiger partial charge on any atom is -0.441 e. The highest BCUT2D eigenvalue weighted by Crippen LogP contribution is 2.29. The Morgan fingerprint density at radius 3 is 2.77 bits per heavy atom. The summed E-state index contributed by atoms with van der Waals surface area (Å²) >= 11 is 0. The van der Waals surface area contributed by atoms with E-state index in [1.807, 2.05) is 25.1 Å². The lowest BCUT2D eigenvalue weighted by Gasteiger charge is -2.18. The van der Waals surface area contributed by atoms with Gasteiger partial charge in [-0.15, -0.1) is 0 Å². The summed E-state index contributed by atoms with van der Waals surface area (Å²) < 4.78 is 16.9. The van der Waals surface area contributed by atoms with Crippen molar-refractivity contribution in [3.8, 4) is 0 Å². The maximum absolute atomic E-state index is 11.5. The highest BCUT2D eigenvalue weighted by molar-refractivity contribution is 5.67. The molecule has 0 bridgehead atoms. The van der Waals surface area contributed by atoms with Crippen molar-refractivity contribution in [1.29, 1.82) is 0 Å². The van der Waals surface area contributed by atoms with Gasteiger partial charge in [-0.25, -0.2) is 4.79 Å². The Morgan fingerprint density at radius 1 is 1.23 bits per heavy atom. The van der Waals surface area contributed by atoms with Gasteiger partial charge >= 0.3 is 6.09 Å². The summed E-state index contributed by atoms with van der Waals surface area (Å²) in [5, 5.41) is 6.08. The molecule has 1 aromatic rings. The Kier molecular flexibility index (Phi) is 4.92. The second kappa shape index (κ2) is 7.09. The third-order valence-electron chi connectivity index (χ3n) is 4.00. The molecule has 6 nitrogen and oxygen atoms in total. The minimum atomic E-state index is -0.416. The molecule has 6 heteroatoms. The zero-order valence-electron chi connectivity index (χ0n) is 12.7. The van der Waals surface area contributed by atoms with Crippen LogP contribution >= 0.6 is 0 Å². The van der Waals surface area contributed by atoms with E-state index in [1.165, 1.54) is 5.56 Å². The fourth-order valence-corrected chi connectivity index (χ4v) is 2.91. The SMILES string of the molecule is CCNC(=O)OC1COC2C(NCc3ccccc3)COC12. The lowest BCUT2D eigenvalue weighted by atomic mass is 10.1. The molecule has 2 N–H and O–H groups in total. The number of ether oxygens (including phenoxy) is 3. The van der Waals surface area contributed by atoms with Gasteiger partial charge in [0, 0.05) is 13.1 Å². The van der Waals surface area contributed by atoms with Crippen LogP contribution in [-0.4, -0.2) is 50.2 Å². The van der Waals surface area contributed by atoms with Gasteiger partial charge in [-0.1, -0.05) is 30.3 Å². The van der Waals surface area contributed by atoms with Crippen LogP contribution in [0.15, 0.2) is 30.3 Å². The van der Waals surface area contributed by atoms with Crippen molar-refractivity contribution in [3.05, 3.63) is 35.9 Å². The summed E-state index contributed by atoms with van der Waals surface area (Å²) in [6.07, 6.45) is -1.000. The van der Waals surface area contributed by atoms with E-state index in [-0.39, 0.29) is 24.4 Å². The molecule has 2 aliphatic heterocycles. The van der Waals surface area contributed by atoms with Crippen molar-refractivity contribution in [2.45, 2.75) is 37.8 Å². The fraction of sp³-hybridized carbons (Fsp3) is 0.562. The Bertz CT molecular complexity index is 496. The van der Waals surface area contributed by atoms with E-state index in [9.17, 15) is 4.79 Å². The van der Waals surface area contributed by atoms with Gasteiger partial charge in [0.2, 0.25) is 0 Å². The molecule has 2 saturated heterocycles. The van der Waals surface area contributed by atoms with Gasteiger partial charge in [0.15, 0.2) is 6.10 Å². The molecule has 0 saturated carbocycles. The molecule has 0 radical (unpaired) electrons. The molecule has 0 spiro atoms. The zero-order valence-corrected chi connectivity index (χ0v) is 12.7. The molecule has 0 aliphatic carbocycles. The number of carbonyl (C=O) groups excluding carboxylic acids is 1. The average molecular weight is 306 g/mol. The third-order valence-corrected chi connectivity index (χ3v) is 4.00. The van der Waals surface area contributed by atoms with E-state index in [4.69, 9.17) is 14.2 Å². The predicted molar refractivity (Wildman–Crippen MR) is 80.5 cm³/mol. The van der Waals surface area contributed by atoms with Crippen LogP contribution < -0.4 is 10.6 Å². The lowest BCUT2D eigenvalue weighted by molar-refractivity contribution is 0.00400. The monoisotopic (exact) mass is 306 g/mol. The number of carbonyl (C=O) groups is 1. The molecule has 0 aromatic heterocycles. The third kappa shape index (κ3) is 3.40. The Morgan fingerprint density at radius 2 is 2.00 bits per heavy atom. The largest absolute Gasteiger partial charge is 0.441 e. The van der Waals surface area contributed by atoms with E-state index in [0.717, 1.165) is 6.54 Å². The summed E-state index contributed by atoms with van der Waals surface area (Å²) in [4.78, 5) is 11.5. The second-order valence-electron chi connectivity index (χ2n) is 5.54. The number of hydrogen-bond donors (Lipinski definition) is 2. The Hall–Kier alpha value is -1.63. The molecule has 4 unspecified atom stereocenters. The number of rotatable bonds is 5. The zero-order chi connectivity index (χ0) is 15.4. The standard InChI is InChI=1S/C16H22N2O4/c1-2-17-16(19)22-13-10-21-14-12(9-20-15(13)14)18-8-11-6-4-3-5-7-11/h3-7,12-15,18H,2,8-10H2,1H3,(H,17,19). The van der Waals surface area contributed by atoms with Crippen LogP contribution in [0.4, 0.5) is 4.79 Å². The van der Waals surface area contributed by atoms with Gasteiger partial charge in [-0.3, -0.25) is 0 Å². The second-order valence-corrected chi connectivity index (χ2v) is 5.54. The molecular formula is C16H22N2O4. The maximum atomic E-state index is 11.5. The van der Waals surface area contributed by atoms with Crippen molar-refractivity contribution >= 4 is 6.09 Å². The highest BCUT2D eigenvalue weighted by atomic mass is 16.6. The number of amides is 1. The number of fused-ring (bicyclic) bond motifs is 1. The highest BCUT2D eigenvalue weighted by Gasteiger charge is 2.49. The lowest BCUT2D eigenvalue weighted by Crippen LogP contribution is -2.41. The molecule has 1 aromatic carbocycles. The number of nitrogens with one attached hydrogen (secondary N) is 2. The van der Waals surface area contributed by atoms with Gasteiger partial charge in [0.1, 0.15) is 12.2 Å². The van der Waals surface area contributed by atoms with E-state index >= 15 is 0 Å². The summed E-state index contributed by atoms with van der Waals surface area (Å²) in [7, 11) is 0. The topological polar surface area (TPSA) is 68.8 Å². The number of benzene rings is 1. The number of hydrogen-bond acceptors (Lipinski definition) is 5. The molecule has 2 fully saturated rings. The van der Waals surface area contributed by atoms with Crippen LogP contribution in [0, 0.1) is 0 Å². The van der Waals surface area contributed by atoms with Gasteiger partial charge in [-0.05, 0) is 12.5 Å². The molecule has 1 amide bonds. The molecule has 22 heavy (non-hydrogen) atoms. The summed E-state index contributed by atoms with van der Waals surface area (Å²) in [5.74, 6) is 0. The van der Waals surface area contributed by atoms with E-state index < -0.39 is 6.09 Å². The van der Waals surface area contributed by atoms with Crippen molar-refractivity contribution < 1.29 is 19.0 Å². The van der Waals surface area contributed by atoms with Crippen molar-refractivity contribution in [3.63, 3.8) is 0 Å². The van der Waals surface area contributed by atoms with Crippen molar-refractivity contribution in [2.24, 2.45) is 0 Å². The van der Waals surface area contributed by atoms with E-state index in [1.54, 1.807) is 0 Å². The van der Waals surface area contributed by atoms with Crippen molar-refractivity contribution in [2.75, 3.05) is 19.8 Å². The van der Waals surface area contributed by atoms with Gasteiger partial charge < -0.3 is 24.8 Å². The van der Waals surface area contributed by atoms with Crippen LogP contribution in [0.3, 0.4) is 0 Å². The summed E-state index contributed by atoms with van der Waals surface area (Å²) in [6.45, 7) is 4.12. The molecular weight excluding hydrogens is 284 g/mol. The van der Waals surface area contributed by atoms with Crippen LogP contribution in [0.2, 0.25) is 0 Å². The first-order chi connectivity index (χ1) is 10.8. The molecule has 2 aliphatic rings. The summed E-state index contributed by atoms with van der Waals surface area (Å²) in [5.41, 5.74) is 1.22. The van der Waals surface area contributed by atoms with Crippen molar-refractivity contribution in [1.82, 2.24) is 10.6 Å².